The number of ether oxygens (including phenoxy) is 2. The highest BCUT2D eigenvalue weighted by atomic mass is 16.6. The molecule has 0 bridgehead atoms. The molecular formula is C13H18N2O5. The number of esters is 1. The Morgan fingerprint density at radius 2 is 2.10 bits per heavy atom. The van der Waals surface area contributed by atoms with Gasteiger partial charge in [0, 0.05) is 24.9 Å². The molecule has 0 spiro atoms. The molecule has 7 nitrogen and oxygen atoms in total. The fraction of sp³-hybridized carbons (Fsp3) is 0.462. The first kappa shape index (κ1) is 15.7. The van der Waals surface area contributed by atoms with Crippen molar-refractivity contribution in [3.8, 4) is 5.75 Å². The fourth-order valence-corrected chi connectivity index (χ4v) is 1.59. The largest absolute Gasteiger partial charge is 0.484 e. The molecule has 7 heteroatoms. The maximum Gasteiger partial charge on any atom is 0.325 e. The number of nitro benzene ring substituents is 1. The Morgan fingerprint density at radius 1 is 1.45 bits per heavy atom. The SMILES string of the molecule is COC(=O)CN(C)c1ccc([N+](=O)[O-])c(OC(C)C)c1. The minimum Gasteiger partial charge on any atom is -0.484 e. The Kier molecular flexibility index (Phi) is 5.31. The Morgan fingerprint density at radius 3 is 2.60 bits per heavy atom. The predicted octanol–water partition coefficient (Wildman–Crippen LogP) is 1.99. The molecule has 1 aromatic carbocycles. The van der Waals surface area contributed by atoms with E-state index >= 15 is 0 Å². The van der Waals surface area contributed by atoms with Crippen LogP contribution in [-0.4, -0.2) is 37.7 Å². The van der Waals surface area contributed by atoms with Crippen LogP contribution < -0.4 is 9.64 Å². The number of hydrogen-bond donors (Lipinski definition) is 0. The maximum atomic E-state index is 11.2. The zero-order valence-corrected chi connectivity index (χ0v) is 12.0. The van der Waals surface area contributed by atoms with Gasteiger partial charge in [0.1, 0.15) is 6.54 Å². The number of carbonyl (C=O) groups is 1. The summed E-state index contributed by atoms with van der Waals surface area (Å²) in [5.74, 6) is -0.212. The molecule has 0 aliphatic rings. The number of nitrogens with zero attached hydrogens (tertiary/aromatic N) is 2. The summed E-state index contributed by atoms with van der Waals surface area (Å²) in [6.45, 7) is 3.62. The average Bonchev–Trinajstić information content (AvgIpc) is 2.37. The standard InChI is InChI=1S/C13H18N2O5/c1-9(2)20-12-7-10(5-6-11(12)15(17)18)14(3)8-13(16)19-4/h5-7,9H,8H2,1-4H3. The first-order chi connectivity index (χ1) is 9.35. The van der Waals surface area contributed by atoms with Gasteiger partial charge in [0.05, 0.1) is 18.1 Å². The van der Waals surface area contributed by atoms with E-state index in [-0.39, 0.29) is 24.1 Å². The fourth-order valence-electron chi connectivity index (χ4n) is 1.59. The van der Waals surface area contributed by atoms with E-state index in [0.717, 1.165) is 0 Å². The second-order valence-corrected chi connectivity index (χ2v) is 4.51. The summed E-state index contributed by atoms with van der Waals surface area (Å²) in [5.41, 5.74) is 0.533. The van der Waals surface area contributed by atoms with E-state index in [9.17, 15) is 14.9 Å². The van der Waals surface area contributed by atoms with Crippen molar-refractivity contribution in [3.05, 3.63) is 28.3 Å². The summed E-state index contributed by atoms with van der Waals surface area (Å²) < 4.78 is 10.0. The number of likely N-dealkylation sites (N-methyl/N-ethyl adjacent to an activating group) is 1. The molecule has 0 N–H and O–H groups in total. The van der Waals surface area contributed by atoms with E-state index in [1.165, 1.54) is 13.2 Å². The van der Waals surface area contributed by atoms with Gasteiger partial charge in [-0.25, -0.2) is 0 Å². The van der Waals surface area contributed by atoms with Crippen molar-refractivity contribution < 1.29 is 19.2 Å². The van der Waals surface area contributed by atoms with Gasteiger partial charge < -0.3 is 14.4 Å². The summed E-state index contributed by atoms with van der Waals surface area (Å²) in [7, 11) is 3.00. The number of anilines is 1. The van der Waals surface area contributed by atoms with Crippen molar-refractivity contribution in [2.45, 2.75) is 20.0 Å². The predicted molar refractivity (Wildman–Crippen MR) is 74.1 cm³/mol. The number of hydrogen-bond acceptors (Lipinski definition) is 6. The summed E-state index contributed by atoms with van der Waals surface area (Å²) in [4.78, 5) is 23.3. The van der Waals surface area contributed by atoms with Crippen LogP contribution in [0.2, 0.25) is 0 Å². The highest BCUT2D eigenvalue weighted by Crippen LogP contribution is 2.32. The van der Waals surface area contributed by atoms with Crippen molar-refractivity contribution in [1.82, 2.24) is 0 Å². The molecule has 0 aromatic heterocycles. The lowest BCUT2D eigenvalue weighted by molar-refractivity contribution is -0.386. The number of carbonyl (C=O) groups excluding carboxylic acids is 1. The van der Waals surface area contributed by atoms with E-state index in [2.05, 4.69) is 4.74 Å². The smallest absolute Gasteiger partial charge is 0.325 e. The molecule has 0 saturated heterocycles. The molecule has 20 heavy (non-hydrogen) atoms. The molecule has 0 heterocycles. The van der Waals surface area contributed by atoms with Crippen molar-refractivity contribution in [3.63, 3.8) is 0 Å². The third-order valence-electron chi connectivity index (χ3n) is 2.54. The van der Waals surface area contributed by atoms with Crippen LogP contribution in [0.3, 0.4) is 0 Å². The summed E-state index contributed by atoms with van der Waals surface area (Å²) in [6.07, 6.45) is -0.185. The Bertz CT molecular complexity index is 502. The van der Waals surface area contributed by atoms with Gasteiger partial charge in [-0.2, -0.15) is 0 Å². The van der Waals surface area contributed by atoms with Gasteiger partial charge in [-0.15, -0.1) is 0 Å². The third kappa shape index (κ3) is 4.11. The van der Waals surface area contributed by atoms with Crippen LogP contribution in [0.25, 0.3) is 0 Å². The van der Waals surface area contributed by atoms with Crippen molar-refractivity contribution in [1.29, 1.82) is 0 Å². The second-order valence-electron chi connectivity index (χ2n) is 4.51. The molecule has 0 fully saturated rings. The number of methoxy groups -OCH3 is 1. The topological polar surface area (TPSA) is 81.9 Å². The molecule has 0 atom stereocenters. The molecule has 0 radical (unpaired) electrons. The first-order valence-corrected chi connectivity index (χ1v) is 6.08. The van der Waals surface area contributed by atoms with E-state index in [1.807, 2.05) is 0 Å². The molecule has 0 saturated carbocycles. The zero-order chi connectivity index (χ0) is 15.3. The number of nitro groups is 1. The molecule has 0 aliphatic heterocycles. The lowest BCUT2D eigenvalue weighted by Crippen LogP contribution is -2.26. The zero-order valence-electron chi connectivity index (χ0n) is 12.0. The van der Waals surface area contributed by atoms with Gasteiger partial charge in [0.15, 0.2) is 5.75 Å². The summed E-state index contributed by atoms with van der Waals surface area (Å²) in [5, 5.41) is 10.9. The molecule has 0 unspecified atom stereocenters. The van der Waals surface area contributed by atoms with E-state index < -0.39 is 10.9 Å². The number of rotatable bonds is 6. The van der Waals surface area contributed by atoms with Crippen LogP contribution in [-0.2, 0) is 9.53 Å². The normalized spacial score (nSPS) is 10.2. The third-order valence-corrected chi connectivity index (χ3v) is 2.54. The van der Waals surface area contributed by atoms with Gasteiger partial charge in [-0.3, -0.25) is 14.9 Å². The maximum absolute atomic E-state index is 11.2. The molecule has 0 aliphatic carbocycles. The van der Waals surface area contributed by atoms with E-state index in [4.69, 9.17) is 4.74 Å². The van der Waals surface area contributed by atoms with Crippen molar-refractivity contribution in [2.24, 2.45) is 0 Å². The Balaban J connectivity index is 3.05. The Hall–Kier alpha value is -2.31. The minimum absolute atomic E-state index is 0.0510. The van der Waals surface area contributed by atoms with E-state index in [0.29, 0.717) is 5.69 Å². The molecule has 1 aromatic rings. The van der Waals surface area contributed by atoms with Gasteiger partial charge in [-0.1, -0.05) is 0 Å². The summed E-state index contributed by atoms with van der Waals surface area (Å²) in [6, 6.07) is 4.47. The van der Waals surface area contributed by atoms with Crippen molar-refractivity contribution in [2.75, 3.05) is 25.6 Å². The average molecular weight is 282 g/mol. The van der Waals surface area contributed by atoms with Gasteiger partial charge in [0.25, 0.3) is 0 Å². The van der Waals surface area contributed by atoms with Gasteiger partial charge in [0.2, 0.25) is 0 Å². The molecular weight excluding hydrogens is 264 g/mol. The van der Waals surface area contributed by atoms with Crippen LogP contribution >= 0.6 is 0 Å². The Labute approximate surface area is 117 Å². The molecule has 110 valence electrons. The summed E-state index contributed by atoms with van der Waals surface area (Å²) >= 11 is 0. The lowest BCUT2D eigenvalue weighted by Gasteiger charge is -2.19. The van der Waals surface area contributed by atoms with Crippen LogP contribution in [0.15, 0.2) is 18.2 Å². The molecule has 1 rings (SSSR count). The van der Waals surface area contributed by atoms with Crippen LogP contribution in [0, 0.1) is 10.1 Å². The highest BCUT2D eigenvalue weighted by molar-refractivity contribution is 5.76. The highest BCUT2D eigenvalue weighted by Gasteiger charge is 2.18. The number of benzene rings is 1. The van der Waals surface area contributed by atoms with E-state index in [1.54, 1.807) is 37.9 Å². The second kappa shape index (κ2) is 6.74. The molecule has 0 amide bonds. The lowest BCUT2D eigenvalue weighted by atomic mass is 10.2. The monoisotopic (exact) mass is 282 g/mol. The van der Waals surface area contributed by atoms with Crippen LogP contribution in [0.1, 0.15) is 13.8 Å². The van der Waals surface area contributed by atoms with Crippen LogP contribution in [0.5, 0.6) is 5.75 Å². The van der Waals surface area contributed by atoms with Crippen molar-refractivity contribution >= 4 is 17.3 Å². The minimum atomic E-state index is -0.498. The van der Waals surface area contributed by atoms with Crippen LogP contribution in [0.4, 0.5) is 11.4 Å². The first-order valence-electron chi connectivity index (χ1n) is 6.08. The van der Waals surface area contributed by atoms with Gasteiger partial charge in [-0.05, 0) is 19.9 Å². The van der Waals surface area contributed by atoms with Gasteiger partial charge >= 0.3 is 11.7 Å². The quantitative estimate of drug-likeness (QED) is 0.451.